The van der Waals surface area contributed by atoms with E-state index in [1.54, 1.807) is 35.5 Å². The Labute approximate surface area is 162 Å². The number of carbonyl (C=O) groups is 1. The van der Waals surface area contributed by atoms with Crippen molar-refractivity contribution in [3.8, 4) is 5.75 Å². The van der Waals surface area contributed by atoms with Crippen molar-refractivity contribution in [1.29, 1.82) is 0 Å². The first kappa shape index (κ1) is 19.0. The van der Waals surface area contributed by atoms with Crippen molar-refractivity contribution in [3.05, 3.63) is 58.3 Å². The molecule has 3 rings (SSSR count). The van der Waals surface area contributed by atoms with Crippen LogP contribution in [0, 0.1) is 0 Å². The Balaban J connectivity index is 1.66. The number of pyridine rings is 1. The van der Waals surface area contributed by atoms with Gasteiger partial charge in [-0.25, -0.2) is 0 Å². The number of amides is 1. The maximum atomic E-state index is 12.8. The van der Waals surface area contributed by atoms with Crippen molar-refractivity contribution < 1.29 is 14.3 Å². The molecule has 1 amide bonds. The summed E-state index contributed by atoms with van der Waals surface area (Å²) >= 11 is 12.0. The molecule has 1 aliphatic heterocycles. The van der Waals surface area contributed by atoms with Crippen molar-refractivity contribution in [2.24, 2.45) is 0 Å². The van der Waals surface area contributed by atoms with Crippen molar-refractivity contribution in [3.63, 3.8) is 0 Å². The van der Waals surface area contributed by atoms with Gasteiger partial charge >= 0.3 is 0 Å². The summed E-state index contributed by atoms with van der Waals surface area (Å²) in [5, 5.41) is 0.920. The molecule has 0 aliphatic carbocycles. The predicted octanol–water partition coefficient (Wildman–Crippen LogP) is 3.98. The maximum absolute atomic E-state index is 12.8. The molecule has 26 heavy (non-hydrogen) atoms. The Morgan fingerprint density at radius 1 is 1.35 bits per heavy atom. The highest BCUT2D eigenvalue weighted by molar-refractivity contribution is 6.34. The molecule has 5 nitrogen and oxygen atoms in total. The Morgan fingerprint density at radius 3 is 2.96 bits per heavy atom. The smallest absolute Gasteiger partial charge is 0.260 e. The second kappa shape index (κ2) is 9.21. The fraction of sp³-hybridized carbons (Fsp3) is 0.368. The molecule has 138 valence electrons. The fourth-order valence-electron chi connectivity index (χ4n) is 2.82. The molecule has 1 aromatic carbocycles. The van der Waals surface area contributed by atoms with E-state index in [2.05, 4.69) is 4.98 Å². The van der Waals surface area contributed by atoms with Gasteiger partial charge in [0.2, 0.25) is 0 Å². The van der Waals surface area contributed by atoms with Crippen molar-refractivity contribution >= 4 is 29.1 Å². The first-order chi connectivity index (χ1) is 12.6. The Kier molecular flexibility index (Phi) is 6.72. The number of hydrogen-bond acceptors (Lipinski definition) is 4. The second-order valence-corrected chi connectivity index (χ2v) is 6.98. The lowest BCUT2D eigenvalue weighted by molar-refractivity contribution is -0.135. The number of ether oxygens (including phenoxy) is 2. The minimum absolute atomic E-state index is 0.0605. The van der Waals surface area contributed by atoms with Crippen molar-refractivity contribution in [2.75, 3.05) is 19.8 Å². The minimum atomic E-state index is -0.139. The lowest BCUT2D eigenvalue weighted by atomic mass is 10.2. The summed E-state index contributed by atoms with van der Waals surface area (Å²) in [6.45, 7) is 1.61. The summed E-state index contributed by atoms with van der Waals surface area (Å²) in [7, 11) is 0. The molecule has 2 heterocycles. The Bertz CT molecular complexity index is 737. The predicted molar refractivity (Wildman–Crippen MR) is 101 cm³/mol. The van der Waals surface area contributed by atoms with E-state index in [1.807, 2.05) is 12.1 Å². The lowest BCUT2D eigenvalue weighted by Gasteiger charge is -2.25. The summed E-state index contributed by atoms with van der Waals surface area (Å²) < 4.78 is 11.3. The van der Waals surface area contributed by atoms with Crippen LogP contribution < -0.4 is 4.74 Å². The fourth-order valence-corrected chi connectivity index (χ4v) is 3.15. The van der Waals surface area contributed by atoms with Crippen LogP contribution in [0.25, 0.3) is 0 Å². The SMILES string of the molecule is O=C(COc1cc(Cl)ccc1Cl)N(Cc1cccnc1)CC1CCCO1. The van der Waals surface area contributed by atoms with Gasteiger partial charge in [-0.3, -0.25) is 9.78 Å². The van der Waals surface area contributed by atoms with Gasteiger partial charge in [0.05, 0.1) is 11.1 Å². The first-order valence-electron chi connectivity index (χ1n) is 8.48. The molecule has 2 aromatic rings. The van der Waals surface area contributed by atoms with Gasteiger partial charge in [0.1, 0.15) is 5.75 Å². The summed E-state index contributed by atoms with van der Waals surface area (Å²) in [6, 6.07) is 8.71. The molecule has 1 saturated heterocycles. The molecule has 7 heteroatoms. The van der Waals surface area contributed by atoms with E-state index in [0.717, 1.165) is 25.0 Å². The van der Waals surface area contributed by atoms with E-state index in [-0.39, 0.29) is 18.6 Å². The van der Waals surface area contributed by atoms with Crippen LogP contribution in [0.5, 0.6) is 5.75 Å². The van der Waals surface area contributed by atoms with Crippen molar-refractivity contribution in [1.82, 2.24) is 9.88 Å². The molecule has 0 radical (unpaired) electrons. The average Bonchev–Trinajstić information content (AvgIpc) is 3.15. The third kappa shape index (κ3) is 5.34. The molecule has 1 aromatic heterocycles. The minimum Gasteiger partial charge on any atom is -0.482 e. The summed E-state index contributed by atoms with van der Waals surface area (Å²) in [5.74, 6) is 0.256. The van der Waals surface area contributed by atoms with Crippen LogP contribution in [-0.4, -0.2) is 41.7 Å². The number of halogens is 2. The van der Waals surface area contributed by atoms with Gasteiger partial charge in [0.15, 0.2) is 6.61 Å². The second-order valence-electron chi connectivity index (χ2n) is 6.13. The number of nitrogens with zero attached hydrogens (tertiary/aromatic N) is 2. The van der Waals surface area contributed by atoms with E-state index in [0.29, 0.717) is 28.9 Å². The molecule has 1 atom stereocenters. The normalized spacial score (nSPS) is 16.5. The number of carbonyl (C=O) groups excluding carboxylic acids is 1. The molecule has 0 saturated carbocycles. The van der Waals surface area contributed by atoms with E-state index >= 15 is 0 Å². The third-order valence-corrected chi connectivity index (χ3v) is 4.69. The monoisotopic (exact) mass is 394 g/mol. The van der Waals surface area contributed by atoms with Crippen LogP contribution in [0.4, 0.5) is 0 Å². The van der Waals surface area contributed by atoms with Gasteiger partial charge in [0.25, 0.3) is 5.91 Å². The number of benzene rings is 1. The van der Waals surface area contributed by atoms with Gasteiger partial charge < -0.3 is 14.4 Å². The van der Waals surface area contributed by atoms with Crippen LogP contribution in [0.3, 0.4) is 0 Å². The number of aromatic nitrogens is 1. The van der Waals surface area contributed by atoms with E-state index in [1.165, 1.54) is 0 Å². The summed E-state index contributed by atoms with van der Waals surface area (Å²) in [5.41, 5.74) is 0.958. The summed E-state index contributed by atoms with van der Waals surface area (Å²) in [6.07, 6.45) is 5.50. The number of hydrogen-bond donors (Lipinski definition) is 0. The standard InChI is InChI=1S/C19H20Cl2N2O3/c20-15-5-6-17(21)18(9-15)26-13-19(24)23(12-16-4-2-8-25-16)11-14-3-1-7-22-10-14/h1,3,5-7,9-10,16H,2,4,8,11-13H2. The number of rotatable bonds is 7. The zero-order valence-electron chi connectivity index (χ0n) is 14.2. The largest absolute Gasteiger partial charge is 0.482 e. The molecule has 0 spiro atoms. The van der Waals surface area contributed by atoms with Crippen molar-refractivity contribution in [2.45, 2.75) is 25.5 Å². The first-order valence-corrected chi connectivity index (χ1v) is 9.23. The van der Waals surface area contributed by atoms with Gasteiger partial charge in [-0.1, -0.05) is 29.3 Å². The molecular weight excluding hydrogens is 375 g/mol. The van der Waals surface area contributed by atoms with E-state index < -0.39 is 0 Å². The average molecular weight is 395 g/mol. The van der Waals surface area contributed by atoms with E-state index in [9.17, 15) is 4.79 Å². The van der Waals surface area contributed by atoms with Crippen LogP contribution in [0.2, 0.25) is 10.0 Å². The summed E-state index contributed by atoms with van der Waals surface area (Å²) in [4.78, 5) is 18.6. The van der Waals surface area contributed by atoms with Crippen LogP contribution in [0.1, 0.15) is 18.4 Å². The molecule has 0 N–H and O–H groups in total. The zero-order valence-corrected chi connectivity index (χ0v) is 15.7. The lowest BCUT2D eigenvalue weighted by Crippen LogP contribution is -2.39. The highest BCUT2D eigenvalue weighted by atomic mass is 35.5. The third-order valence-electron chi connectivity index (χ3n) is 4.14. The van der Waals surface area contributed by atoms with Crippen LogP contribution in [-0.2, 0) is 16.1 Å². The zero-order chi connectivity index (χ0) is 18.4. The van der Waals surface area contributed by atoms with Gasteiger partial charge in [0, 0.05) is 43.2 Å². The van der Waals surface area contributed by atoms with Gasteiger partial charge in [-0.15, -0.1) is 0 Å². The quantitative estimate of drug-likeness (QED) is 0.712. The Hall–Kier alpha value is -1.82. The van der Waals surface area contributed by atoms with Crippen LogP contribution in [0.15, 0.2) is 42.7 Å². The van der Waals surface area contributed by atoms with Crippen LogP contribution >= 0.6 is 23.2 Å². The molecule has 1 aliphatic rings. The maximum Gasteiger partial charge on any atom is 0.260 e. The highest BCUT2D eigenvalue weighted by Crippen LogP contribution is 2.27. The molecule has 0 bridgehead atoms. The topological polar surface area (TPSA) is 51.7 Å². The molecule has 1 unspecified atom stereocenters. The highest BCUT2D eigenvalue weighted by Gasteiger charge is 2.23. The Morgan fingerprint density at radius 2 is 2.23 bits per heavy atom. The van der Waals surface area contributed by atoms with Gasteiger partial charge in [-0.05, 0) is 36.6 Å². The molecule has 1 fully saturated rings. The molecular formula is C19H20Cl2N2O3. The van der Waals surface area contributed by atoms with E-state index in [4.69, 9.17) is 32.7 Å². The van der Waals surface area contributed by atoms with Gasteiger partial charge in [-0.2, -0.15) is 0 Å².